The molecule has 8 nitrogen and oxygen atoms in total. The minimum atomic E-state index is -1.27. The lowest BCUT2D eigenvalue weighted by Crippen LogP contribution is -2.42. The van der Waals surface area contributed by atoms with Gasteiger partial charge in [0.1, 0.15) is 11.5 Å². The molecule has 0 radical (unpaired) electrons. The predicted octanol–water partition coefficient (Wildman–Crippen LogP) is 9.38. The summed E-state index contributed by atoms with van der Waals surface area (Å²) in [6.07, 6.45) is -1.42. The van der Waals surface area contributed by atoms with Crippen LogP contribution in [0.1, 0.15) is 52.7 Å². The molecule has 280 valence electrons. The van der Waals surface area contributed by atoms with Crippen LogP contribution in [0.2, 0.25) is 0 Å². The summed E-state index contributed by atoms with van der Waals surface area (Å²) in [5, 5.41) is 4.09. The lowest BCUT2D eigenvalue weighted by atomic mass is 9.78. The van der Waals surface area contributed by atoms with Crippen LogP contribution in [0.4, 0.5) is 0 Å². The molecule has 3 unspecified atom stereocenters. The Kier molecular flexibility index (Phi) is 16.8. The molecule has 0 aliphatic carbocycles. The molecule has 2 aromatic carbocycles. The van der Waals surface area contributed by atoms with E-state index in [1.165, 1.54) is 0 Å². The van der Waals surface area contributed by atoms with Gasteiger partial charge in [0, 0.05) is 43.8 Å². The number of carbonyl (C=O) groups is 2. The Labute approximate surface area is 328 Å². The minimum Gasteiger partial charge on any atom is -0.487 e. The van der Waals surface area contributed by atoms with Crippen LogP contribution in [0.15, 0.2) is 72.8 Å². The van der Waals surface area contributed by atoms with Gasteiger partial charge in [-0.15, -0.1) is 70.6 Å². The van der Waals surface area contributed by atoms with E-state index < -0.39 is 30.1 Å². The zero-order chi connectivity index (χ0) is 37.0. The highest BCUT2D eigenvalue weighted by atomic mass is 32.3. The van der Waals surface area contributed by atoms with Gasteiger partial charge in [0.15, 0.2) is 12.7 Å². The summed E-state index contributed by atoms with van der Waals surface area (Å²) in [7, 11) is 0. The number of hydrogen-bond donors (Lipinski definition) is 0. The number of thioether (sulfide) groups is 6. The standard InChI is InChI=1S/C37H48O8S6/c1-24(2)33(38)43-26(5)35(40-17-31-48-20-46-21-49-31)44-30-15-11-28(12-16-30)36(6,7)27-9-13-29(14-10-27)41-19-37(8,45-34(39)25(3)4)42-18-32-50-22-47-23-51-32/h9-16,26,31-32,35H,1,3,17-23H2,2,4-8H3. The fourth-order valence-corrected chi connectivity index (χ4v) is 13.9. The Balaban J connectivity index is 1.39. The van der Waals surface area contributed by atoms with Crippen molar-refractivity contribution < 1.29 is 38.0 Å². The highest BCUT2D eigenvalue weighted by Crippen LogP contribution is 2.38. The molecule has 51 heavy (non-hydrogen) atoms. The monoisotopic (exact) mass is 812 g/mol. The Bertz CT molecular complexity index is 1460. The van der Waals surface area contributed by atoms with Gasteiger partial charge in [-0.1, -0.05) is 51.3 Å². The lowest BCUT2D eigenvalue weighted by Gasteiger charge is -2.32. The Morgan fingerprint density at radius 2 is 1.25 bits per heavy atom. The van der Waals surface area contributed by atoms with Crippen LogP contribution in [0.3, 0.4) is 0 Å². The first-order valence-corrected chi connectivity index (χ1v) is 22.9. The first-order chi connectivity index (χ1) is 24.3. The normalized spacial score (nSPS) is 18.2. The summed E-state index contributed by atoms with van der Waals surface area (Å²) in [5.41, 5.74) is 2.45. The van der Waals surface area contributed by atoms with Gasteiger partial charge in [0.25, 0.3) is 0 Å². The van der Waals surface area contributed by atoms with Crippen LogP contribution in [-0.4, -0.2) is 79.4 Å². The SMILES string of the molecule is C=C(C)C(=O)OC(C)C(OCC1SCSCS1)Oc1ccc(C(C)(C)c2ccc(OCC(C)(OCC3SCSCS3)OC(=O)C(=C)C)cc2)cc1. The maximum Gasteiger partial charge on any atom is 0.335 e. The summed E-state index contributed by atoms with van der Waals surface area (Å²) >= 11 is 11.1. The van der Waals surface area contributed by atoms with Gasteiger partial charge < -0.3 is 28.4 Å². The van der Waals surface area contributed by atoms with Crippen LogP contribution in [-0.2, 0) is 34.0 Å². The van der Waals surface area contributed by atoms with E-state index in [-0.39, 0.29) is 16.6 Å². The highest BCUT2D eigenvalue weighted by Gasteiger charge is 2.34. The minimum absolute atomic E-state index is 0.0279. The molecule has 0 saturated carbocycles. The van der Waals surface area contributed by atoms with E-state index in [4.69, 9.17) is 28.4 Å². The van der Waals surface area contributed by atoms with Gasteiger partial charge in [-0.2, -0.15) is 0 Å². The van der Waals surface area contributed by atoms with E-state index in [9.17, 15) is 9.59 Å². The van der Waals surface area contributed by atoms with Crippen molar-refractivity contribution in [1.29, 1.82) is 0 Å². The maximum atomic E-state index is 12.5. The summed E-state index contributed by atoms with van der Waals surface area (Å²) in [6, 6.07) is 15.8. The first kappa shape index (κ1) is 42.2. The molecule has 4 rings (SSSR count). The Morgan fingerprint density at radius 1 is 0.765 bits per heavy atom. The van der Waals surface area contributed by atoms with E-state index in [0.717, 1.165) is 31.5 Å². The van der Waals surface area contributed by atoms with E-state index in [1.807, 2.05) is 119 Å². The van der Waals surface area contributed by atoms with Crippen molar-refractivity contribution in [2.75, 3.05) is 40.2 Å². The number of carbonyl (C=O) groups excluding carboxylic acids is 2. The van der Waals surface area contributed by atoms with Crippen molar-refractivity contribution in [2.45, 2.75) is 74.3 Å². The second-order valence-electron chi connectivity index (χ2n) is 12.7. The van der Waals surface area contributed by atoms with Crippen molar-refractivity contribution in [3.8, 4) is 11.5 Å². The van der Waals surface area contributed by atoms with Crippen LogP contribution >= 0.6 is 70.6 Å². The van der Waals surface area contributed by atoms with Crippen molar-refractivity contribution in [3.63, 3.8) is 0 Å². The van der Waals surface area contributed by atoms with Crippen LogP contribution < -0.4 is 9.47 Å². The molecule has 3 atom stereocenters. The van der Waals surface area contributed by atoms with Crippen LogP contribution in [0.25, 0.3) is 0 Å². The summed E-state index contributed by atoms with van der Waals surface area (Å²) in [4.78, 5) is 24.7. The number of ether oxygens (including phenoxy) is 6. The van der Waals surface area contributed by atoms with Gasteiger partial charge in [-0.25, -0.2) is 9.59 Å². The summed E-state index contributed by atoms with van der Waals surface area (Å²) in [5.74, 6) is -1.03. The lowest BCUT2D eigenvalue weighted by molar-refractivity contribution is -0.229. The largest absolute Gasteiger partial charge is 0.487 e. The van der Waals surface area contributed by atoms with Gasteiger partial charge >= 0.3 is 11.9 Å². The first-order valence-electron chi connectivity index (χ1n) is 16.4. The topological polar surface area (TPSA) is 89.5 Å². The Morgan fingerprint density at radius 3 is 1.76 bits per heavy atom. The van der Waals surface area contributed by atoms with Gasteiger partial charge in [-0.05, 0) is 56.2 Å². The van der Waals surface area contributed by atoms with Crippen molar-refractivity contribution in [3.05, 3.63) is 84.0 Å². The second kappa shape index (κ2) is 20.2. The number of hydrogen-bond acceptors (Lipinski definition) is 14. The highest BCUT2D eigenvalue weighted by molar-refractivity contribution is 8.33. The molecule has 2 aliphatic rings. The predicted molar refractivity (Wildman–Crippen MR) is 219 cm³/mol. The quantitative estimate of drug-likeness (QED) is 0.0814. The van der Waals surface area contributed by atoms with Crippen LogP contribution in [0, 0.1) is 0 Å². The van der Waals surface area contributed by atoms with Crippen molar-refractivity contribution in [1.82, 2.24) is 0 Å². The summed E-state index contributed by atoms with van der Waals surface area (Å²) in [6.45, 7) is 19.4. The molecule has 0 bridgehead atoms. The number of rotatable bonds is 18. The van der Waals surface area contributed by atoms with E-state index >= 15 is 0 Å². The molecule has 0 aromatic heterocycles. The zero-order valence-electron chi connectivity index (χ0n) is 30.0. The maximum absolute atomic E-state index is 12.5. The van der Waals surface area contributed by atoms with Gasteiger partial charge in [0.2, 0.25) is 12.1 Å². The number of benzene rings is 2. The molecular weight excluding hydrogens is 765 g/mol. The van der Waals surface area contributed by atoms with Crippen LogP contribution in [0.5, 0.6) is 11.5 Å². The molecule has 2 aliphatic heterocycles. The van der Waals surface area contributed by atoms with Crippen molar-refractivity contribution >= 4 is 82.5 Å². The summed E-state index contributed by atoms with van der Waals surface area (Å²) < 4.78 is 36.6. The molecular formula is C37H48O8S6. The van der Waals surface area contributed by atoms with E-state index in [0.29, 0.717) is 40.4 Å². The molecule has 0 amide bonds. The third-order valence-corrected chi connectivity index (χ3v) is 16.4. The molecule has 0 N–H and O–H groups in total. The average Bonchev–Trinajstić information content (AvgIpc) is 3.12. The fraction of sp³-hybridized carbons (Fsp3) is 0.514. The van der Waals surface area contributed by atoms with E-state index in [1.54, 1.807) is 27.7 Å². The van der Waals surface area contributed by atoms with Gasteiger partial charge in [-0.3, -0.25) is 0 Å². The molecule has 0 spiro atoms. The number of esters is 2. The van der Waals surface area contributed by atoms with E-state index in [2.05, 4.69) is 27.0 Å². The fourth-order valence-electron chi connectivity index (χ4n) is 4.68. The second-order valence-corrected chi connectivity index (χ2v) is 21.5. The third-order valence-electron chi connectivity index (χ3n) is 7.86. The van der Waals surface area contributed by atoms with Gasteiger partial charge in [0.05, 0.1) is 22.4 Å². The average molecular weight is 813 g/mol. The zero-order valence-corrected chi connectivity index (χ0v) is 34.9. The third kappa shape index (κ3) is 13.4. The molecule has 2 saturated heterocycles. The molecule has 2 aromatic rings. The molecule has 14 heteroatoms. The molecule has 2 fully saturated rings. The Hall–Kier alpha value is -1.52. The van der Waals surface area contributed by atoms with Crippen molar-refractivity contribution in [2.24, 2.45) is 0 Å². The molecule has 2 heterocycles. The smallest absolute Gasteiger partial charge is 0.335 e.